The number of rotatable bonds is 30. The number of allylic oxidation sites excluding steroid dienone is 11. The largest absolute Gasteiger partial charge is 0.458 e. The lowest BCUT2D eigenvalue weighted by Gasteiger charge is -2.18. The minimum Gasteiger partial charge on any atom is -0.458 e. The van der Waals surface area contributed by atoms with E-state index >= 15 is 0 Å². The molecule has 0 saturated carbocycles. The van der Waals surface area contributed by atoms with Gasteiger partial charge in [0.25, 0.3) is 6.29 Å². The van der Waals surface area contributed by atoms with Crippen LogP contribution < -0.4 is 0 Å². The number of unbranched alkanes of at least 4 members (excludes halogenated alkanes) is 8. The molecule has 0 aliphatic carbocycles. The van der Waals surface area contributed by atoms with Crippen LogP contribution in [0, 0.1) is 71.0 Å². The predicted molar refractivity (Wildman–Crippen MR) is 255 cm³/mol. The van der Waals surface area contributed by atoms with Gasteiger partial charge in [-0.25, -0.2) is 0 Å². The Labute approximate surface area is 385 Å². The summed E-state index contributed by atoms with van der Waals surface area (Å²) in [6, 6.07) is 0. The first-order chi connectivity index (χ1) is 31.5. The van der Waals surface area contributed by atoms with Crippen LogP contribution in [0.2, 0.25) is 0 Å². The van der Waals surface area contributed by atoms with Gasteiger partial charge in [0.15, 0.2) is 6.61 Å². The Hall–Kier alpha value is -5.87. The first-order valence-electron chi connectivity index (χ1n) is 23.2. The highest BCUT2D eigenvalue weighted by Gasteiger charge is 2.37. The predicted octanol–water partition coefficient (Wildman–Crippen LogP) is 10.7. The minimum absolute atomic E-state index is 0.00287. The Kier molecular flexibility index (Phi) is 32.9. The van der Waals surface area contributed by atoms with Gasteiger partial charge in [-0.05, 0) is 119 Å². The van der Waals surface area contributed by atoms with Crippen LogP contribution in [0.25, 0.3) is 0 Å². The van der Waals surface area contributed by atoms with Crippen molar-refractivity contribution in [2.75, 3.05) is 6.61 Å². The number of hydrogen-bond donors (Lipinski definition) is 0. The Bertz CT molecular complexity index is 1950. The van der Waals surface area contributed by atoms with Gasteiger partial charge in [-0.2, -0.15) is 0 Å². The Morgan fingerprint density at radius 2 is 1.09 bits per heavy atom. The molecule has 8 nitrogen and oxygen atoms in total. The van der Waals surface area contributed by atoms with Gasteiger partial charge in [-0.1, -0.05) is 129 Å². The number of carbonyl (C=O) groups is 3. The van der Waals surface area contributed by atoms with E-state index in [9.17, 15) is 14.4 Å². The third kappa shape index (κ3) is 32.8. The fourth-order valence-corrected chi connectivity index (χ4v) is 5.68. The summed E-state index contributed by atoms with van der Waals surface area (Å²) in [5, 5.41) is 0. The van der Waals surface area contributed by atoms with Gasteiger partial charge < -0.3 is 23.7 Å². The van der Waals surface area contributed by atoms with Crippen LogP contribution in [0.4, 0.5) is 0 Å². The lowest BCUT2D eigenvalue weighted by molar-refractivity contribution is -0.199. The van der Waals surface area contributed by atoms with E-state index in [4.69, 9.17) is 23.7 Å². The fraction of sp³-hybridized carbons (Fsp3) is 0.518. The second-order valence-electron chi connectivity index (χ2n) is 14.9. The second kappa shape index (κ2) is 38.8. The average molecular weight is 869 g/mol. The molecule has 0 bridgehead atoms. The van der Waals surface area contributed by atoms with Crippen molar-refractivity contribution in [2.45, 2.75) is 179 Å². The maximum Gasteiger partial charge on any atom is 0.309 e. The van der Waals surface area contributed by atoms with E-state index in [-0.39, 0.29) is 56.5 Å². The van der Waals surface area contributed by atoms with E-state index in [1.165, 1.54) is 0 Å². The molecule has 2 aliphatic rings. The highest BCUT2D eigenvalue weighted by Crippen LogP contribution is 2.27. The van der Waals surface area contributed by atoms with E-state index in [0.717, 1.165) is 96.3 Å². The number of esters is 3. The van der Waals surface area contributed by atoms with Crippen LogP contribution >= 0.6 is 0 Å². The molecule has 0 radical (unpaired) electrons. The summed E-state index contributed by atoms with van der Waals surface area (Å²) in [5.74, 6) is 32.7. The molecule has 0 spiro atoms. The van der Waals surface area contributed by atoms with Gasteiger partial charge in [-0.15, -0.1) is 6.58 Å². The molecule has 340 valence electrons. The zero-order chi connectivity index (χ0) is 46.0. The van der Waals surface area contributed by atoms with Crippen molar-refractivity contribution in [3.63, 3.8) is 0 Å². The average Bonchev–Trinajstić information content (AvgIpc) is 4.22. The Morgan fingerprint density at radius 3 is 1.70 bits per heavy atom. The number of epoxide rings is 2. The SMILES string of the molecule is C=CCC/C=C/C#CC#CCCCCCCCC(=O)O[C@@H](COC(=O)CCC#CC#C[C@H]1O[C@@H]1CCC/C=C\C=C/CC)OC(=O)CCC#CC#C[C@H]1O[C@@H]1CCC/C=C\C=C/CC. The summed E-state index contributed by atoms with van der Waals surface area (Å²) in [4.78, 5) is 37.9. The number of hydrogen-bond acceptors (Lipinski definition) is 8. The van der Waals surface area contributed by atoms with Crippen molar-refractivity contribution in [3.8, 4) is 71.0 Å². The molecule has 2 aliphatic heterocycles. The van der Waals surface area contributed by atoms with Crippen LogP contribution in [-0.4, -0.2) is 55.2 Å². The lowest BCUT2D eigenvalue weighted by Crippen LogP contribution is -2.30. The third-order valence-electron chi connectivity index (χ3n) is 9.31. The van der Waals surface area contributed by atoms with Crippen LogP contribution in [0.3, 0.4) is 0 Å². The summed E-state index contributed by atoms with van der Waals surface area (Å²) < 4.78 is 27.4. The summed E-state index contributed by atoms with van der Waals surface area (Å²) in [5.41, 5.74) is 0. The van der Waals surface area contributed by atoms with Crippen LogP contribution in [0.5, 0.6) is 0 Å². The maximum absolute atomic E-state index is 12.7. The standard InChI is InChI=1S/C56H68O8/c1-4-7-10-13-16-17-18-19-20-21-22-23-26-29-39-46-54(58)63-56(64-55(59)47-40-33-31-37-44-52-50(62-52)42-35-28-25-15-12-9-6-3)48-60-53(57)45-38-32-30-36-43-51-49(61-51)41-34-27-24-14-11-8-5-2/h4,8-9,11-16,24-25,49-52,56H,1,5-7,10,21-23,26-29,34-35,38-42,45-48H2,2-3H3/b11-8-,12-9-,16-13+,24-14-,25-15-/t49-,50-,51-,52-,56-/m1/s1. The van der Waals surface area contributed by atoms with Crippen molar-refractivity contribution in [1.29, 1.82) is 0 Å². The highest BCUT2D eigenvalue weighted by molar-refractivity contribution is 5.72. The minimum atomic E-state index is -1.38. The third-order valence-corrected chi connectivity index (χ3v) is 9.31. The van der Waals surface area contributed by atoms with Gasteiger partial charge in [0.1, 0.15) is 12.2 Å². The van der Waals surface area contributed by atoms with Gasteiger partial charge in [0.05, 0.1) is 25.0 Å². The molecule has 2 rings (SSSR count). The van der Waals surface area contributed by atoms with Crippen molar-refractivity contribution < 1.29 is 38.1 Å². The second-order valence-corrected chi connectivity index (χ2v) is 14.9. The van der Waals surface area contributed by atoms with Crippen LogP contribution in [0.1, 0.15) is 149 Å². The summed E-state index contributed by atoms with van der Waals surface area (Å²) >= 11 is 0. The normalized spacial score (nSPS) is 17.3. The molecule has 64 heavy (non-hydrogen) atoms. The molecule has 2 heterocycles. The van der Waals surface area contributed by atoms with Crippen molar-refractivity contribution in [2.24, 2.45) is 0 Å². The molecule has 0 unspecified atom stereocenters. The molecule has 2 saturated heterocycles. The van der Waals surface area contributed by atoms with Crippen LogP contribution in [0.15, 0.2) is 73.4 Å². The summed E-state index contributed by atoms with van der Waals surface area (Å²) in [7, 11) is 0. The van der Waals surface area contributed by atoms with E-state index in [0.29, 0.717) is 6.42 Å². The van der Waals surface area contributed by atoms with Crippen LogP contribution in [-0.2, 0) is 38.1 Å². The molecule has 0 aromatic carbocycles. The monoisotopic (exact) mass is 868 g/mol. The van der Waals surface area contributed by atoms with Crippen molar-refractivity contribution >= 4 is 17.9 Å². The van der Waals surface area contributed by atoms with E-state index in [1.54, 1.807) is 0 Å². The van der Waals surface area contributed by atoms with E-state index < -0.39 is 30.8 Å². The topological polar surface area (TPSA) is 104 Å². The maximum atomic E-state index is 12.7. The summed E-state index contributed by atoms with van der Waals surface area (Å²) in [6.07, 6.45) is 36.7. The van der Waals surface area contributed by atoms with E-state index in [2.05, 4.69) is 140 Å². The first kappa shape index (κ1) is 54.3. The Morgan fingerprint density at radius 1 is 0.562 bits per heavy atom. The molecule has 8 heteroatoms. The molecule has 0 N–H and O–H groups in total. The number of carbonyl (C=O) groups excluding carboxylic acids is 3. The molecule has 2 fully saturated rings. The van der Waals surface area contributed by atoms with Crippen molar-refractivity contribution in [1.82, 2.24) is 0 Å². The van der Waals surface area contributed by atoms with E-state index in [1.807, 2.05) is 18.2 Å². The van der Waals surface area contributed by atoms with Gasteiger partial charge in [0, 0.05) is 25.7 Å². The highest BCUT2D eigenvalue weighted by atomic mass is 16.7. The Balaban J connectivity index is 1.74. The first-order valence-corrected chi connectivity index (χ1v) is 23.2. The van der Waals surface area contributed by atoms with Crippen molar-refractivity contribution in [3.05, 3.63) is 73.4 Å². The lowest BCUT2D eigenvalue weighted by atomic mass is 10.1. The summed E-state index contributed by atoms with van der Waals surface area (Å²) in [6.45, 7) is 7.48. The fourth-order valence-electron chi connectivity index (χ4n) is 5.68. The quantitative estimate of drug-likeness (QED) is 0.0134. The van der Waals surface area contributed by atoms with Gasteiger partial charge in [-0.3, -0.25) is 14.4 Å². The molecular formula is C56H68O8. The molecule has 5 atom stereocenters. The van der Waals surface area contributed by atoms with Gasteiger partial charge in [0.2, 0.25) is 0 Å². The van der Waals surface area contributed by atoms with Gasteiger partial charge >= 0.3 is 17.9 Å². The number of ether oxygens (including phenoxy) is 5. The molecule has 0 amide bonds. The molecular weight excluding hydrogens is 801 g/mol. The zero-order valence-corrected chi connectivity index (χ0v) is 38.3. The zero-order valence-electron chi connectivity index (χ0n) is 38.3. The smallest absolute Gasteiger partial charge is 0.309 e. The molecule has 0 aromatic rings. The molecule has 0 aromatic heterocycles.